The zero-order valence-electron chi connectivity index (χ0n) is 11.1. The molecule has 0 aliphatic rings. The standard InChI is InChI=1S/C14H15N3O2S/c1-9-16-12(8-20-9)6-7-13(18)17-11-4-2-10(3-5-11)14(15)19/h2-5,8H,6-7H2,1H3,(H2,15,19)(H,17,18). The number of primary amides is 1. The fourth-order valence-electron chi connectivity index (χ4n) is 1.71. The molecular formula is C14H15N3O2S. The van der Waals surface area contributed by atoms with E-state index < -0.39 is 5.91 Å². The van der Waals surface area contributed by atoms with E-state index in [1.54, 1.807) is 35.6 Å². The van der Waals surface area contributed by atoms with Crippen molar-refractivity contribution in [3.63, 3.8) is 0 Å². The maximum Gasteiger partial charge on any atom is 0.248 e. The largest absolute Gasteiger partial charge is 0.366 e. The molecule has 0 fully saturated rings. The van der Waals surface area contributed by atoms with Gasteiger partial charge in [0.05, 0.1) is 10.7 Å². The van der Waals surface area contributed by atoms with Crippen LogP contribution in [0.5, 0.6) is 0 Å². The van der Waals surface area contributed by atoms with E-state index in [0.717, 1.165) is 10.7 Å². The number of nitrogens with two attached hydrogens (primary N) is 1. The summed E-state index contributed by atoms with van der Waals surface area (Å²) in [7, 11) is 0. The second-order valence-corrected chi connectivity index (χ2v) is 5.41. The molecule has 1 aromatic carbocycles. The van der Waals surface area contributed by atoms with E-state index in [9.17, 15) is 9.59 Å². The highest BCUT2D eigenvalue weighted by Gasteiger charge is 2.06. The molecule has 0 atom stereocenters. The maximum absolute atomic E-state index is 11.8. The lowest BCUT2D eigenvalue weighted by molar-refractivity contribution is -0.116. The molecule has 6 heteroatoms. The number of aromatic nitrogens is 1. The average molecular weight is 289 g/mol. The van der Waals surface area contributed by atoms with Crippen molar-refractivity contribution in [1.82, 2.24) is 4.98 Å². The van der Waals surface area contributed by atoms with Gasteiger partial charge in [0, 0.05) is 23.1 Å². The summed E-state index contributed by atoms with van der Waals surface area (Å²) in [5.41, 5.74) is 7.15. The smallest absolute Gasteiger partial charge is 0.248 e. The topological polar surface area (TPSA) is 85.1 Å². The molecule has 3 N–H and O–H groups in total. The highest BCUT2D eigenvalue weighted by Crippen LogP contribution is 2.12. The first kappa shape index (κ1) is 14.2. The minimum Gasteiger partial charge on any atom is -0.366 e. The molecule has 0 saturated carbocycles. The molecule has 0 bridgehead atoms. The van der Waals surface area contributed by atoms with Crippen molar-refractivity contribution < 1.29 is 9.59 Å². The SMILES string of the molecule is Cc1nc(CCC(=O)Nc2ccc(C(N)=O)cc2)cs1. The molecule has 0 spiro atoms. The Morgan fingerprint density at radius 3 is 2.55 bits per heavy atom. The molecular weight excluding hydrogens is 274 g/mol. The number of nitrogens with zero attached hydrogens (tertiary/aromatic N) is 1. The number of benzene rings is 1. The van der Waals surface area contributed by atoms with Gasteiger partial charge in [-0.25, -0.2) is 4.98 Å². The van der Waals surface area contributed by atoms with Crippen molar-refractivity contribution >= 4 is 28.8 Å². The Labute approximate surface area is 120 Å². The Morgan fingerprint density at radius 2 is 2.00 bits per heavy atom. The molecule has 104 valence electrons. The number of aryl methyl sites for hydroxylation is 2. The first-order chi connectivity index (χ1) is 9.54. The van der Waals surface area contributed by atoms with Gasteiger partial charge in [-0.2, -0.15) is 0 Å². The van der Waals surface area contributed by atoms with Gasteiger partial charge in [-0.05, 0) is 37.6 Å². The number of nitrogens with one attached hydrogen (secondary N) is 1. The normalized spacial score (nSPS) is 10.2. The van der Waals surface area contributed by atoms with Crippen LogP contribution in [-0.4, -0.2) is 16.8 Å². The number of anilines is 1. The minimum atomic E-state index is -0.484. The van der Waals surface area contributed by atoms with E-state index in [-0.39, 0.29) is 5.91 Å². The van der Waals surface area contributed by atoms with Crippen LogP contribution in [0, 0.1) is 6.92 Å². The van der Waals surface area contributed by atoms with Crippen LogP contribution >= 0.6 is 11.3 Å². The average Bonchev–Trinajstić information content (AvgIpc) is 2.83. The molecule has 5 nitrogen and oxygen atoms in total. The second kappa shape index (κ2) is 6.29. The van der Waals surface area contributed by atoms with Crippen molar-refractivity contribution in [2.24, 2.45) is 5.73 Å². The van der Waals surface area contributed by atoms with E-state index in [1.807, 2.05) is 12.3 Å². The van der Waals surface area contributed by atoms with Gasteiger partial charge < -0.3 is 11.1 Å². The molecule has 2 aromatic rings. The number of amides is 2. The van der Waals surface area contributed by atoms with Gasteiger partial charge in [-0.15, -0.1) is 11.3 Å². The molecule has 0 radical (unpaired) electrons. The molecule has 1 aromatic heterocycles. The quantitative estimate of drug-likeness (QED) is 0.884. The maximum atomic E-state index is 11.8. The van der Waals surface area contributed by atoms with Gasteiger partial charge >= 0.3 is 0 Å². The lowest BCUT2D eigenvalue weighted by Gasteiger charge is -2.05. The number of carbonyl (C=O) groups excluding carboxylic acids is 2. The highest BCUT2D eigenvalue weighted by atomic mass is 32.1. The van der Waals surface area contributed by atoms with Crippen molar-refractivity contribution in [3.8, 4) is 0 Å². The number of thiazole rings is 1. The van der Waals surface area contributed by atoms with Crippen LogP contribution in [0.4, 0.5) is 5.69 Å². The summed E-state index contributed by atoms with van der Waals surface area (Å²) in [5, 5.41) is 5.73. The van der Waals surface area contributed by atoms with Gasteiger partial charge in [0.2, 0.25) is 11.8 Å². The fraction of sp³-hybridized carbons (Fsp3) is 0.214. The summed E-state index contributed by atoms with van der Waals surface area (Å²) in [6.07, 6.45) is 0.996. The van der Waals surface area contributed by atoms with Gasteiger partial charge in [0.25, 0.3) is 0 Å². The van der Waals surface area contributed by atoms with E-state index in [2.05, 4.69) is 10.3 Å². The predicted molar refractivity (Wildman–Crippen MR) is 78.8 cm³/mol. The lowest BCUT2D eigenvalue weighted by Crippen LogP contribution is -2.13. The molecule has 2 rings (SSSR count). The predicted octanol–water partition coefficient (Wildman–Crippen LogP) is 2.12. The molecule has 0 aliphatic heterocycles. The summed E-state index contributed by atoms with van der Waals surface area (Å²) >= 11 is 1.58. The van der Waals surface area contributed by atoms with Crippen molar-refractivity contribution in [3.05, 3.63) is 45.9 Å². The lowest BCUT2D eigenvalue weighted by atomic mass is 10.2. The van der Waals surface area contributed by atoms with Crippen LogP contribution in [-0.2, 0) is 11.2 Å². The van der Waals surface area contributed by atoms with Crippen LogP contribution in [0.15, 0.2) is 29.6 Å². The Kier molecular flexibility index (Phi) is 4.47. The number of hydrogen-bond acceptors (Lipinski definition) is 4. The van der Waals surface area contributed by atoms with Gasteiger partial charge in [-0.1, -0.05) is 0 Å². The Hall–Kier alpha value is -2.21. The third-order valence-corrected chi connectivity index (χ3v) is 3.55. The molecule has 1 heterocycles. The van der Waals surface area contributed by atoms with Crippen molar-refractivity contribution in [1.29, 1.82) is 0 Å². The first-order valence-electron chi connectivity index (χ1n) is 6.15. The summed E-state index contributed by atoms with van der Waals surface area (Å²) in [5.74, 6) is -0.566. The third kappa shape index (κ3) is 3.89. The van der Waals surface area contributed by atoms with E-state index >= 15 is 0 Å². The first-order valence-corrected chi connectivity index (χ1v) is 7.03. The monoisotopic (exact) mass is 289 g/mol. The van der Waals surface area contributed by atoms with Crippen molar-refractivity contribution in [2.45, 2.75) is 19.8 Å². The van der Waals surface area contributed by atoms with Gasteiger partial charge in [-0.3, -0.25) is 9.59 Å². The summed E-state index contributed by atoms with van der Waals surface area (Å²) in [4.78, 5) is 27.0. The molecule has 0 unspecified atom stereocenters. The number of carbonyl (C=O) groups is 2. The fourth-order valence-corrected chi connectivity index (χ4v) is 2.35. The van der Waals surface area contributed by atoms with Crippen LogP contribution < -0.4 is 11.1 Å². The van der Waals surface area contributed by atoms with E-state index in [4.69, 9.17) is 5.73 Å². The number of rotatable bonds is 5. The summed E-state index contributed by atoms with van der Waals surface area (Å²) in [6, 6.07) is 6.49. The van der Waals surface area contributed by atoms with Crippen LogP contribution in [0.2, 0.25) is 0 Å². The summed E-state index contributed by atoms with van der Waals surface area (Å²) < 4.78 is 0. The van der Waals surface area contributed by atoms with E-state index in [1.165, 1.54) is 0 Å². The Morgan fingerprint density at radius 1 is 1.30 bits per heavy atom. The number of hydrogen-bond donors (Lipinski definition) is 2. The summed E-state index contributed by atoms with van der Waals surface area (Å²) in [6.45, 7) is 1.94. The van der Waals surface area contributed by atoms with Crippen LogP contribution in [0.3, 0.4) is 0 Å². The third-order valence-electron chi connectivity index (χ3n) is 2.73. The van der Waals surface area contributed by atoms with E-state index in [0.29, 0.717) is 24.1 Å². The zero-order valence-corrected chi connectivity index (χ0v) is 11.9. The zero-order chi connectivity index (χ0) is 14.5. The van der Waals surface area contributed by atoms with Crippen LogP contribution in [0.25, 0.3) is 0 Å². The Balaban J connectivity index is 1.86. The van der Waals surface area contributed by atoms with Crippen molar-refractivity contribution in [2.75, 3.05) is 5.32 Å². The minimum absolute atomic E-state index is 0.0810. The van der Waals surface area contributed by atoms with Crippen LogP contribution in [0.1, 0.15) is 27.5 Å². The van der Waals surface area contributed by atoms with Gasteiger partial charge in [0.15, 0.2) is 0 Å². The molecule has 2 amide bonds. The molecule has 0 saturated heterocycles. The highest BCUT2D eigenvalue weighted by molar-refractivity contribution is 7.09. The second-order valence-electron chi connectivity index (χ2n) is 4.35. The Bertz CT molecular complexity index is 620. The van der Waals surface area contributed by atoms with Gasteiger partial charge in [0.1, 0.15) is 0 Å². The molecule has 0 aliphatic carbocycles. The molecule has 20 heavy (non-hydrogen) atoms.